The van der Waals surface area contributed by atoms with Crippen LogP contribution in [0.2, 0.25) is 0 Å². The third-order valence-electron chi connectivity index (χ3n) is 3.57. The van der Waals surface area contributed by atoms with E-state index in [-0.39, 0.29) is 0 Å². The van der Waals surface area contributed by atoms with Crippen molar-refractivity contribution in [2.24, 2.45) is 5.92 Å². The van der Waals surface area contributed by atoms with Crippen LogP contribution in [0.25, 0.3) is 0 Å². The first-order chi connectivity index (χ1) is 10.3. The van der Waals surface area contributed by atoms with Crippen molar-refractivity contribution in [1.29, 1.82) is 0 Å². The van der Waals surface area contributed by atoms with E-state index in [0.29, 0.717) is 19.1 Å². The van der Waals surface area contributed by atoms with Crippen LogP contribution in [0.3, 0.4) is 0 Å². The predicted octanol–water partition coefficient (Wildman–Crippen LogP) is 1.85. The summed E-state index contributed by atoms with van der Waals surface area (Å²) in [6.07, 6.45) is 1.07. The highest BCUT2D eigenvalue weighted by atomic mass is 16.5. The highest BCUT2D eigenvalue weighted by molar-refractivity contribution is 5.40. The third-order valence-corrected chi connectivity index (χ3v) is 3.57. The van der Waals surface area contributed by atoms with Crippen LogP contribution in [0.15, 0.2) is 18.2 Å². The summed E-state index contributed by atoms with van der Waals surface area (Å²) in [6, 6.07) is 5.95. The molecular formula is C16H25NO4. The molecule has 2 rings (SSSR count). The van der Waals surface area contributed by atoms with E-state index in [2.05, 4.69) is 5.32 Å². The molecule has 118 valence electrons. The van der Waals surface area contributed by atoms with Crippen molar-refractivity contribution in [2.75, 3.05) is 47.2 Å². The van der Waals surface area contributed by atoms with Gasteiger partial charge in [-0.2, -0.15) is 0 Å². The lowest BCUT2D eigenvalue weighted by Gasteiger charge is -2.15. The van der Waals surface area contributed by atoms with E-state index >= 15 is 0 Å². The summed E-state index contributed by atoms with van der Waals surface area (Å²) in [4.78, 5) is 0. The SMILES string of the molecule is COCCNCc1ccc(OC)cc1OCC1CCOC1. The topological polar surface area (TPSA) is 49.0 Å². The first kappa shape index (κ1) is 16.1. The van der Waals surface area contributed by atoms with Crippen molar-refractivity contribution < 1.29 is 18.9 Å². The van der Waals surface area contributed by atoms with Gasteiger partial charge in [0.1, 0.15) is 11.5 Å². The average Bonchev–Trinajstić information content (AvgIpc) is 3.03. The molecule has 1 heterocycles. The van der Waals surface area contributed by atoms with E-state index in [1.165, 1.54) is 0 Å². The second-order valence-electron chi connectivity index (χ2n) is 5.18. The van der Waals surface area contributed by atoms with Gasteiger partial charge in [0.2, 0.25) is 0 Å². The molecule has 1 aliphatic rings. The van der Waals surface area contributed by atoms with E-state index in [0.717, 1.165) is 49.8 Å². The van der Waals surface area contributed by atoms with Crippen LogP contribution < -0.4 is 14.8 Å². The molecule has 0 saturated carbocycles. The summed E-state index contributed by atoms with van der Waals surface area (Å²) in [5.41, 5.74) is 1.13. The van der Waals surface area contributed by atoms with Crippen LogP contribution in [0.4, 0.5) is 0 Å². The second kappa shape index (κ2) is 8.87. The molecule has 1 aromatic carbocycles. The number of hydrogen-bond donors (Lipinski definition) is 1. The molecule has 0 spiro atoms. The Balaban J connectivity index is 1.93. The summed E-state index contributed by atoms with van der Waals surface area (Å²) in [6.45, 7) is 4.61. The summed E-state index contributed by atoms with van der Waals surface area (Å²) in [7, 11) is 3.37. The minimum absolute atomic E-state index is 0.491. The highest BCUT2D eigenvalue weighted by Gasteiger charge is 2.17. The van der Waals surface area contributed by atoms with Gasteiger partial charge in [-0.3, -0.25) is 0 Å². The minimum atomic E-state index is 0.491. The lowest BCUT2D eigenvalue weighted by atomic mass is 10.1. The zero-order valence-corrected chi connectivity index (χ0v) is 12.9. The van der Waals surface area contributed by atoms with Crippen molar-refractivity contribution in [2.45, 2.75) is 13.0 Å². The molecule has 0 bridgehead atoms. The van der Waals surface area contributed by atoms with Gasteiger partial charge in [0.15, 0.2) is 0 Å². The second-order valence-corrected chi connectivity index (χ2v) is 5.18. The molecule has 1 atom stereocenters. The Bertz CT molecular complexity index is 419. The quantitative estimate of drug-likeness (QED) is 0.705. The Labute approximate surface area is 126 Å². The van der Waals surface area contributed by atoms with Crippen molar-refractivity contribution in [3.8, 4) is 11.5 Å². The monoisotopic (exact) mass is 295 g/mol. The fourth-order valence-corrected chi connectivity index (χ4v) is 2.26. The number of hydrogen-bond acceptors (Lipinski definition) is 5. The molecule has 1 aromatic rings. The molecule has 1 fully saturated rings. The molecule has 0 amide bonds. The standard InChI is InChI=1S/C16H25NO4/c1-18-8-6-17-10-14-3-4-15(19-2)9-16(14)21-12-13-5-7-20-11-13/h3-4,9,13,17H,5-8,10-12H2,1-2H3. The fourth-order valence-electron chi connectivity index (χ4n) is 2.26. The molecule has 1 aliphatic heterocycles. The minimum Gasteiger partial charge on any atom is -0.497 e. The van der Waals surface area contributed by atoms with Crippen molar-refractivity contribution in [3.63, 3.8) is 0 Å². The Morgan fingerprint density at radius 1 is 1.33 bits per heavy atom. The van der Waals surface area contributed by atoms with E-state index < -0.39 is 0 Å². The van der Waals surface area contributed by atoms with Crippen LogP contribution in [0.5, 0.6) is 11.5 Å². The maximum absolute atomic E-state index is 5.99. The van der Waals surface area contributed by atoms with Gasteiger partial charge in [-0.05, 0) is 12.5 Å². The van der Waals surface area contributed by atoms with Crippen LogP contribution in [-0.4, -0.2) is 47.2 Å². The predicted molar refractivity (Wildman–Crippen MR) is 81.0 cm³/mol. The van der Waals surface area contributed by atoms with E-state index in [1.807, 2.05) is 18.2 Å². The van der Waals surface area contributed by atoms with E-state index in [1.54, 1.807) is 14.2 Å². The van der Waals surface area contributed by atoms with Gasteiger partial charge in [-0.15, -0.1) is 0 Å². The normalized spacial score (nSPS) is 17.9. The fraction of sp³-hybridized carbons (Fsp3) is 0.625. The van der Waals surface area contributed by atoms with Crippen molar-refractivity contribution >= 4 is 0 Å². The lowest BCUT2D eigenvalue weighted by molar-refractivity contribution is 0.166. The van der Waals surface area contributed by atoms with Gasteiger partial charge in [0, 0.05) is 44.4 Å². The number of ether oxygens (including phenoxy) is 4. The molecule has 1 unspecified atom stereocenters. The lowest BCUT2D eigenvalue weighted by Crippen LogP contribution is -2.19. The molecular weight excluding hydrogens is 270 g/mol. The van der Waals surface area contributed by atoms with Crippen LogP contribution in [-0.2, 0) is 16.0 Å². The van der Waals surface area contributed by atoms with Gasteiger partial charge in [-0.1, -0.05) is 6.07 Å². The van der Waals surface area contributed by atoms with Gasteiger partial charge < -0.3 is 24.3 Å². The molecule has 1 saturated heterocycles. The maximum atomic E-state index is 5.99. The van der Waals surface area contributed by atoms with Gasteiger partial charge in [-0.25, -0.2) is 0 Å². The zero-order chi connectivity index (χ0) is 14.9. The Kier molecular flexibility index (Phi) is 6.79. The third kappa shape index (κ3) is 5.19. The largest absolute Gasteiger partial charge is 0.497 e. The molecule has 0 aromatic heterocycles. The smallest absolute Gasteiger partial charge is 0.127 e. The first-order valence-corrected chi connectivity index (χ1v) is 7.40. The van der Waals surface area contributed by atoms with E-state index in [4.69, 9.17) is 18.9 Å². The highest BCUT2D eigenvalue weighted by Crippen LogP contribution is 2.26. The Hall–Kier alpha value is -1.30. The maximum Gasteiger partial charge on any atom is 0.127 e. The Morgan fingerprint density at radius 3 is 2.95 bits per heavy atom. The van der Waals surface area contributed by atoms with Crippen LogP contribution >= 0.6 is 0 Å². The molecule has 21 heavy (non-hydrogen) atoms. The number of benzene rings is 1. The summed E-state index contributed by atoms with van der Waals surface area (Å²) in [5.74, 6) is 2.19. The van der Waals surface area contributed by atoms with Crippen molar-refractivity contribution in [1.82, 2.24) is 5.32 Å². The van der Waals surface area contributed by atoms with Crippen LogP contribution in [0, 0.1) is 5.92 Å². The number of rotatable bonds is 9. The molecule has 1 N–H and O–H groups in total. The summed E-state index contributed by atoms with van der Waals surface area (Å²) < 4.78 is 21.7. The molecule has 5 nitrogen and oxygen atoms in total. The molecule has 0 aliphatic carbocycles. The molecule has 5 heteroatoms. The zero-order valence-electron chi connectivity index (χ0n) is 12.9. The summed E-state index contributed by atoms with van der Waals surface area (Å²) in [5, 5.41) is 3.34. The molecule has 0 radical (unpaired) electrons. The number of nitrogens with one attached hydrogen (secondary N) is 1. The summed E-state index contributed by atoms with van der Waals surface area (Å²) >= 11 is 0. The van der Waals surface area contributed by atoms with Crippen molar-refractivity contribution in [3.05, 3.63) is 23.8 Å². The van der Waals surface area contributed by atoms with Gasteiger partial charge in [0.05, 0.1) is 26.9 Å². The Morgan fingerprint density at radius 2 is 2.24 bits per heavy atom. The first-order valence-electron chi connectivity index (χ1n) is 7.40. The van der Waals surface area contributed by atoms with Crippen LogP contribution in [0.1, 0.15) is 12.0 Å². The average molecular weight is 295 g/mol. The van der Waals surface area contributed by atoms with Gasteiger partial charge >= 0.3 is 0 Å². The van der Waals surface area contributed by atoms with Gasteiger partial charge in [0.25, 0.3) is 0 Å². The number of methoxy groups -OCH3 is 2. The van der Waals surface area contributed by atoms with E-state index in [9.17, 15) is 0 Å².